The summed E-state index contributed by atoms with van der Waals surface area (Å²) in [6.07, 6.45) is 9.37. The zero-order valence-corrected chi connectivity index (χ0v) is 19.1. The summed E-state index contributed by atoms with van der Waals surface area (Å²) in [7, 11) is 2.17. The molecule has 0 bridgehead atoms. The lowest BCUT2D eigenvalue weighted by atomic mass is 9.81. The van der Waals surface area contributed by atoms with Crippen LogP contribution in [0.5, 0.6) is 0 Å². The first kappa shape index (κ1) is 22.8. The molecule has 1 aromatic heterocycles. The van der Waals surface area contributed by atoms with Crippen molar-refractivity contribution in [2.75, 3.05) is 24.2 Å². The number of nitrogens with zero attached hydrogens (tertiary/aromatic N) is 2. The number of nitrogens with one attached hydrogen (secondary N) is 1. The normalized spacial score (nSPS) is 14.9. The Morgan fingerprint density at radius 2 is 1.88 bits per heavy atom. The van der Waals surface area contributed by atoms with E-state index in [9.17, 15) is 4.79 Å². The second kappa shape index (κ2) is 10.5. The van der Waals surface area contributed by atoms with E-state index in [2.05, 4.69) is 64.7 Å². The molecule has 2 aromatic carbocycles. The van der Waals surface area contributed by atoms with Crippen LogP contribution in [0.15, 0.2) is 60.9 Å². The smallest absolute Gasteiger partial charge is 0.337 e. The van der Waals surface area contributed by atoms with E-state index in [0.29, 0.717) is 0 Å². The van der Waals surface area contributed by atoms with Crippen LogP contribution in [0.1, 0.15) is 46.3 Å². The van der Waals surface area contributed by atoms with E-state index in [1.54, 1.807) is 0 Å². The number of nitrogens with two attached hydrogens (primary N) is 1. The molecular weight excluding hydrogens is 412 g/mol. The molecule has 0 atom stereocenters. The molecule has 2 aliphatic rings. The van der Waals surface area contributed by atoms with Crippen LogP contribution >= 0.6 is 0 Å². The maximum atomic E-state index is 10.3. The monoisotopic (exact) mass is 444 g/mol. The van der Waals surface area contributed by atoms with Gasteiger partial charge in [0.05, 0.1) is 17.4 Å². The third-order valence-corrected chi connectivity index (χ3v) is 6.62. The lowest BCUT2D eigenvalue weighted by molar-refractivity contribution is 0.0698. The Morgan fingerprint density at radius 3 is 2.52 bits per heavy atom. The van der Waals surface area contributed by atoms with Crippen molar-refractivity contribution < 1.29 is 9.90 Å². The summed E-state index contributed by atoms with van der Waals surface area (Å²) in [5.74, 6) is -0.0901. The highest BCUT2D eigenvalue weighted by molar-refractivity contribution is 5.93. The number of nitrogen functional groups attached to an aromatic ring is 1. The number of hydrogen-bond donors (Lipinski definition) is 3. The summed E-state index contributed by atoms with van der Waals surface area (Å²) in [5.41, 5.74) is 12.6. The van der Waals surface area contributed by atoms with Gasteiger partial charge in [0.15, 0.2) is 0 Å². The number of carboxylic acid groups (broad SMARTS) is 1. The zero-order chi connectivity index (χ0) is 23.2. The number of rotatable bonds is 5. The summed E-state index contributed by atoms with van der Waals surface area (Å²) < 4.78 is 0. The zero-order valence-electron chi connectivity index (χ0n) is 19.1. The lowest BCUT2D eigenvalue weighted by Gasteiger charge is -2.26. The molecule has 5 rings (SSSR count). The molecule has 6 heteroatoms. The van der Waals surface area contributed by atoms with Crippen LogP contribution in [0, 0.1) is 5.92 Å². The minimum Gasteiger partial charge on any atom is -0.478 e. The molecule has 1 aliphatic carbocycles. The molecule has 0 radical (unpaired) electrons. The third-order valence-electron chi connectivity index (χ3n) is 6.62. The first-order valence-electron chi connectivity index (χ1n) is 11.6. The largest absolute Gasteiger partial charge is 0.478 e. The van der Waals surface area contributed by atoms with E-state index >= 15 is 0 Å². The molecule has 2 heterocycles. The van der Waals surface area contributed by atoms with Gasteiger partial charge in [-0.3, -0.25) is 4.98 Å². The summed E-state index contributed by atoms with van der Waals surface area (Å²) in [6, 6.07) is 17.4. The Balaban J connectivity index is 0.000000219. The number of aromatic nitrogens is 1. The van der Waals surface area contributed by atoms with Crippen molar-refractivity contribution in [3.8, 4) is 0 Å². The fourth-order valence-corrected chi connectivity index (χ4v) is 4.31. The van der Waals surface area contributed by atoms with Crippen molar-refractivity contribution >= 4 is 23.0 Å². The lowest BCUT2D eigenvalue weighted by Crippen LogP contribution is -2.23. The number of benzene rings is 2. The van der Waals surface area contributed by atoms with E-state index in [1.807, 2.05) is 0 Å². The van der Waals surface area contributed by atoms with Crippen LogP contribution in [0.2, 0.25) is 0 Å². The second-order valence-electron chi connectivity index (χ2n) is 8.87. The van der Waals surface area contributed by atoms with Crippen molar-refractivity contribution in [1.29, 1.82) is 0 Å². The number of fused-ring (bicyclic) bond motifs is 1. The van der Waals surface area contributed by atoms with E-state index in [-0.39, 0.29) is 11.3 Å². The van der Waals surface area contributed by atoms with Gasteiger partial charge in [-0.25, -0.2) is 4.79 Å². The molecule has 4 N–H and O–H groups in total. The molecule has 6 nitrogen and oxygen atoms in total. The van der Waals surface area contributed by atoms with Gasteiger partial charge in [0.25, 0.3) is 0 Å². The standard InChI is InChI=1S/C21H26N2.C6H6N2O2/c1-23(21-10-7-19-15-22-12-11-18(19)14-21)20-8-5-17(6-9-20)13-16-3-2-4-16;7-5-3-8-2-1-4(5)6(9)10/h5-10,14,16,22H,2-4,11-13,15H2,1H3;1-3H,7H2,(H,9,10). The Bertz CT molecular complexity index is 1090. The van der Waals surface area contributed by atoms with E-state index in [1.165, 1.54) is 72.2 Å². The molecule has 1 aliphatic heterocycles. The van der Waals surface area contributed by atoms with Crippen molar-refractivity contribution in [3.63, 3.8) is 0 Å². The van der Waals surface area contributed by atoms with Gasteiger partial charge < -0.3 is 21.1 Å². The van der Waals surface area contributed by atoms with E-state index in [0.717, 1.165) is 25.4 Å². The molecular formula is C27H32N4O2. The van der Waals surface area contributed by atoms with Gasteiger partial charge in [-0.05, 0) is 72.3 Å². The number of hydrogen-bond acceptors (Lipinski definition) is 5. The van der Waals surface area contributed by atoms with Gasteiger partial charge in [-0.1, -0.05) is 37.5 Å². The molecule has 1 fully saturated rings. The van der Waals surface area contributed by atoms with E-state index < -0.39 is 5.97 Å². The maximum Gasteiger partial charge on any atom is 0.337 e. The highest BCUT2D eigenvalue weighted by Crippen LogP contribution is 2.31. The van der Waals surface area contributed by atoms with Crippen LogP contribution < -0.4 is 16.0 Å². The highest BCUT2D eigenvalue weighted by Gasteiger charge is 2.17. The quantitative estimate of drug-likeness (QED) is 0.523. The fraction of sp³-hybridized carbons (Fsp3) is 0.333. The van der Waals surface area contributed by atoms with Crippen LogP contribution in [-0.2, 0) is 19.4 Å². The van der Waals surface area contributed by atoms with Gasteiger partial charge in [0.1, 0.15) is 0 Å². The van der Waals surface area contributed by atoms with Crippen LogP contribution in [-0.4, -0.2) is 29.7 Å². The minimum absolute atomic E-state index is 0.0926. The third kappa shape index (κ3) is 5.71. The molecule has 0 unspecified atom stereocenters. The number of pyridine rings is 1. The molecule has 0 amide bonds. The maximum absolute atomic E-state index is 10.3. The first-order chi connectivity index (χ1) is 16.0. The van der Waals surface area contributed by atoms with Crippen LogP contribution in [0.4, 0.5) is 17.1 Å². The van der Waals surface area contributed by atoms with Crippen molar-refractivity contribution in [1.82, 2.24) is 10.3 Å². The van der Waals surface area contributed by atoms with Gasteiger partial charge >= 0.3 is 5.97 Å². The Morgan fingerprint density at radius 1 is 1.12 bits per heavy atom. The topological polar surface area (TPSA) is 91.5 Å². The number of carbonyl (C=O) groups is 1. The summed E-state index contributed by atoms with van der Waals surface area (Å²) in [6.45, 7) is 2.10. The molecule has 0 saturated heterocycles. The molecule has 33 heavy (non-hydrogen) atoms. The van der Waals surface area contributed by atoms with E-state index in [4.69, 9.17) is 10.8 Å². The number of aromatic carboxylic acids is 1. The number of carboxylic acids is 1. The summed E-state index contributed by atoms with van der Waals surface area (Å²) in [4.78, 5) is 16.3. The highest BCUT2D eigenvalue weighted by atomic mass is 16.4. The Hall–Kier alpha value is -3.38. The van der Waals surface area contributed by atoms with Gasteiger partial charge in [0, 0.05) is 31.2 Å². The first-order valence-corrected chi connectivity index (χ1v) is 11.6. The Labute approximate surface area is 195 Å². The van der Waals surface area contributed by atoms with Crippen molar-refractivity contribution in [2.45, 2.75) is 38.6 Å². The van der Waals surface area contributed by atoms with Crippen LogP contribution in [0.25, 0.3) is 0 Å². The SMILES string of the molecule is CN(c1ccc(CC2CCC2)cc1)c1ccc2c(c1)CCNC2.Nc1cnccc1C(=O)O. The predicted octanol–water partition coefficient (Wildman–Crippen LogP) is 4.80. The van der Waals surface area contributed by atoms with Crippen molar-refractivity contribution in [3.05, 3.63) is 83.2 Å². The van der Waals surface area contributed by atoms with Crippen molar-refractivity contribution in [2.24, 2.45) is 5.92 Å². The van der Waals surface area contributed by atoms with Crippen LogP contribution in [0.3, 0.4) is 0 Å². The Kier molecular flexibility index (Phi) is 7.25. The predicted molar refractivity (Wildman–Crippen MR) is 133 cm³/mol. The average molecular weight is 445 g/mol. The minimum atomic E-state index is -1.03. The van der Waals surface area contributed by atoms with Gasteiger partial charge in [0.2, 0.25) is 0 Å². The molecule has 172 valence electrons. The summed E-state index contributed by atoms with van der Waals surface area (Å²) in [5, 5.41) is 11.9. The fourth-order valence-electron chi connectivity index (χ4n) is 4.31. The number of anilines is 3. The second-order valence-corrected chi connectivity index (χ2v) is 8.87. The average Bonchev–Trinajstić information content (AvgIpc) is 2.81. The molecule has 1 saturated carbocycles. The van der Waals surface area contributed by atoms with Gasteiger partial charge in [-0.15, -0.1) is 0 Å². The summed E-state index contributed by atoms with van der Waals surface area (Å²) >= 11 is 0. The van der Waals surface area contributed by atoms with Gasteiger partial charge in [-0.2, -0.15) is 0 Å². The molecule has 3 aromatic rings. The molecule has 0 spiro atoms.